The molecule has 0 saturated carbocycles. The molecular weight excluding hydrogens is 479 g/mol. The Hall–Kier alpha value is -2.84. The van der Waals surface area contributed by atoms with Crippen LogP contribution in [0.3, 0.4) is 0 Å². The minimum absolute atomic E-state index is 0.0349. The summed E-state index contributed by atoms with van der Waals surface area (Å²) in [4.78, 5) is 33.7. The molecule has 1 amide bonds. The van der Waals surface area contributed by atoms with Gasteiger partial charge >= 0.3 is 0 Å². The Labute approximate surface area is 216 Å². The van der Waals surface area contributed by atoms with Crippen molar-refractivity contribution in [2.75, 3.05) is 37.6 Å². The molecule has 7 nitrogen and oxygen atoms in total. The second kappa shape index (κ2) is 10.6. The molecule has 0 spiro atoms. The van der Waals surface area contributed by atoms with Gasteiger partial charge in [0.2, 0.25) is 0 Å². The molecule has 0 aliphatic carbocycles. The van der Waals surface area contributed by atoms with Gasteiger partial charge in [-0.2, -0.15) is 0 Å². The maximum Gasteiger partial charge on any atom is 0.253 e. The Morgan fingerprint density at radius 2 is 2.00 bits per heavy atom. The van der Waals surface area contributed by atoms with Crippen molar-refractivity contribution in [2.24, 2.45) is 4.99 Å². The average molecular weight is 511 g/mol. The third-order valence-corrected chi connectivity index (χ3v) is 7.86. The van der Waals surface area contributed by atoms with Crippen molar-refractivity contribution in [3.63, 3.8) is 0 Å². The summed E-state index contributed by atoms with van der Waals surface area (Å²) < 4.78 is 13.8. The number of allylic oxidation sites excluding steroid dienone is 1. The Bertz CT molecular complexity index is 1190. The van der Waals surface area contributed by atoms with E-state index in [1.165, 1.54) is 12.1 Å². The standard InChI is InChI=1S/C27H32ClFN6O/c1-3-20-17-34(26-18(2)32-25(16-31-26)24-5-4-10-30-24)13-14-35(20)21-8-11-33(12-9-21)27(36)19-6-7-22(28)23(29)15-19/h4,6-7,10,15-16,20-21H,3,5,8-9,11-14,17H2,1-2H3/t20-/m0/s1. The monoisotopic (exact) mass is 510 g/mol. The number of amides is 1. The average Bonchev–Trinajstić information content (AvgIpc) is 3.45. The van der Waals surface area contributed by atoms with Crippen LogP contribution in [0.15, 0.2) is 41.7 Å². The third kappa shape index (κ3) is 5.02. The Kier molecular flexibility index (Phi) is 7.34. The van der Waals surface area contributed by atoms with E-state index in [9.17, 15) is 9.18 Å². The predicted molar refractivity (Wildman–Crippen MR) is 140 cm³/mol. The van der Waals surface area contributed by atoms with E-state index < -0.39 is 5.82 Å². The highest BCUT2D eigenvalue weighted by Crippen LogP contribution is 2.27. The zero-order valence-corrected chi connectivity index (χ0v) is 21.6. The summed E-state index contributed by atoms with van der Waals surface area (Å²) in [5.41, 5.74) is 3.12. The van der Waals surface area contributed by atoms with Crippen molar-refractivity contribution >= 4 is 29.0 Å². The zero-order chi connectivity index (χ0) is 25.2. The Balaban J connectivity index is 1.20. The number of anilines is 1. The summed E-state index contributed by atoms with van der Waals surface area (Å²) in [5, 5.41) is 0.0349. The molecule has 190 valence electrons. The third-order valence-electron chi connectivity index (χ3n) is 7.55. The molecule has 1 aromatic carbocycles. The molecule has 2 aromatic rings. The van der Waals surface area contributed by atoms with Gasteiger partial charge in [-0.3, -0.25) is 14.7 Å². The van der Waals surface area contributed by atoms with Crippen LogP contribution in [0.2, 0.25) is 5.02 Å². The molecule has 1 atom stereocenters. The topological polar surface area (TPSA) is 64.9 Å². The molecule has 2 fully saturated rings. The highest BCUT2D eigenvalue weighted by atomic mass is 35.5. The lowest BCUT2D eigenvalue weighted by molar-refractivity contribution is 0.0490. The maximum atomic E-state index is 13.8. The molecule has 3 aliphatic rings. The van der Waals surface area contributed by atoms with E-state index in [0.717, 1.165) is 68.2 Å². The van der Waals surface area contributed by atoms with Gasteiger partial charge in [-0.25, -0.2) is 14.4 Å². The fourth-order valence-corrected chi connectivity index (χ4v) is 5.69. The van der Waals surface area contributed by atoms with Crippen LogP contribution in [-0.2, 0) is 0 Å². The van der Waals surface area contributed by atoms with Crippen molar-refractivity contribution in [3.05, 3.63) is 64.5 Å². The van der Waals surface area contributed by atoms with Gasteiger partial charge in [-0.15, -0.1) is 0 Å². The number of nitrogens with zero attached hydrogens (tertiary/aromatic N) is 6. The molecule has 2 saturated heterocycles. The van der Waals surface area contributed by atoms with Gasteiger partial charge in [-0.05, 0) is 44.4 Å². The summed E-state index contributed by atoms with van der Waals surface area (Å²) in [6.45, 7) is 8.39. The number of carbonyl (C=O) groups is 1. The van der Waals surface area contributed by atoms with Crippen LogP contribution in [0.5, 0.6) is 0 Å². The molecule has 0 unspecified atom stereocenters. The van der Waals surface area contributed by atoms with E-state index in [4.69, 9.17) is 21.6 Å². The Morgan fingerprint density at radius 3 is 2.67 bits per heavy atom. The normalized spacial score (nSPS) is 21.2. The minimum atomic E-state index is -0.556. The van der Waals surface area contributed by atoms with Crippen LogP contribution in [0.4, 0.5) is 10.2 Å². The highest BCUT2D eigenvalue weighted by Gasteiger charge is 2.35. The number of hydrogen-bond donors (Lipinski definition) is 0. The van der Waals surface area contributed by atoms with Crippen LogP contribution in [0.25, 0.3) is 0 Å². The molecule has 3 aliphatic heterocycles. The predicted octanol–water partition coefficient (Wildman–Crippen LogP) is 4.49. The molecule has 0 N–H and O–H groups in total. The molecule has 0 radical (unpaired) electrons. The number of likely N-dealkylation sites (tertiary alicyclic amines) is 1. The maximum absolute atomic E-state index is 13.8. The van der Waals surface area contributed by atoms with Gasteiger partial charge in [-0.1, -0.05) is 24.6 Å². The van der Waals surface area contributed by atoms with E-state index in [-0.39, 0.29) is 10.9 Å². The van der Waals surface area contributed by atoms with E-state index in [2.05, 4.69) is 21.7 Å². The SMILES string of the molecule is CC[C@H]1CN(c2ncc(C3=NC=CC3)nc2C)CCN1C1CCN(C(=O)c2ccc(Cl)c(F)c2)CC1. The van der Waals surface area contributed by atoms with E-state index >= 15 is 0 Å². The van der Waals surface area contributed by atoms with Gasteiger partial charge in [0, 0.05) is 63.0 Å². The molecule has 5 rings (SSSR count). The fraction of sp³-hybridized carbons (Fsp3) is 0.481. The van der Waals surface area contributed by atoms with Crippen molar-refractivity contribution in [1.82, 2.24) is 19.8 Å². The minimum Gasteiger partial charge on any atom is -0.352 e. The lowest BCUT2D eigenvalue weighted by atomic mass is 9.97. The molecular formula is C27H32ClFN6O. The van der Waals surface area contributed by atoms with Crippen LogP contribution in [0, 0.1) is 12.7 Å². The van der Waals surface area contributed by atoms with Gasteiger partial charge in [0.25, 0.3) is 5.91 Å². The highest BCUT2D eigenvalue weighted by molar-refractivity contribution is 6.30. The van der Waals surface area contributed by atoms with Crippen molar-refractivity contribution in [3.8, 4) is 0 Å². The Morgan fingerprint density at radius 1 is 1.19 bits per heavy atom. The summed E-state index contributed by atoms with van der Waals surface area (Å²) in [6.07, 6.45) is 9.40. The first kappa shape index (κ1) is 24.8. The first-order valence-corrected chi connectivity index (χ1v) is 13.1. The lowest BCUT2D eigenvalue weighted by Crippen LogP contribution is -2.59. The van der Waals surface area contributed by atoms with E-state index in [0.29, 0.717) is 30.7 Å². The molecule has 9 heteroatoms. The number of aromatic nitrogens is 2. The van der Waals surface area contributed by atoms with Crippen LogP contribution >= 0.6 is 11.6 Å². The summed E-state index contributed by atoms with van der Waals surface area (Å²) in [7, 11) is 0. The molecule has 36 heavy (non-hydrogen) atoms. The number of aliphatic imine (C=N–C) groups is 1. The number of aryl methyl sites for hydroxylation is 1. The lowest BCUT2D eigenvalue weighted by Gasteiger charge is -2.47. The fourth-order valence-electron chi connectivity index (χ4n) is 5.57. The number of piperidine rings is 1. The van der Waals surface area contributed by atoms with Gasteiger partial charge in [0.1, 0.15) is 17.3 Å². The number of hydrogen-bond acceptors (Lipinski definition) is 6. The van der Waals surface area contributed by atoms with Crippen LogP contribution in [-0.4, -0.2) is 76.2 Å². The quantitative estimate of drug-likeness (QED) is 0.593. The molecule has 4 heterocycles. The summed E-state index contributed by atoms with van der Waals surface area (Å²) in [5.74, 6) is 0.275. The zero-order valence-electron chi connectivity index (χ0n) is 20.8. The molecule has 0 bridgehead atoms. The second-order valence-electron chi connectivity index (χ2n) is 9.73. The smallest absolute Gasteiger partial charge is 0.253 e. The number of piperazine rings is 1. The van der Waals surface area contributed by atoms with Crippen LogP contribution < -0.4 is 4.90 Å². The molecule has 1 aromatic heterocycles. The van der Waals surface area contributed by atoms with Crippen molar-refractivity contribution in [1.29, 1.82) is 0 Å². The van der Waals surface area contributed by atoms with Crippen molar-refractivity contribution < 1.29 is 9.18 Å². The number of benzene rings is 1. The second-order valence-corrected chi connectivity index (χ2v) is 10.1. The first-order valence-electron chi connectivity index (χ1n) is 12.7. The number of carbonyl (C=O) groups excluding carboxylic acids is 1. The van der Waals surface area contributed by atoms with Gasteiger partial charge in [0.05, 0.1) is 22.6 Å². The van der Waals surface area contributed by atoms with E-state index in [1.807, 2.05) is 30.3 Å². The van der Waals surface area contributed by atoms with E-state index in [1.54, 1.807) is 6.07 Å². The van der Waals surface area contributed by atoms with Crippen molar-refractivity contribution in [2.45, 2.75) is 51.6 Å². The summed E-state index contributed by atoms with van der Waals surface area (Å²) >= 11 is 5.77. The largest absolute Gasteiger partial charge is 0.352 e. The van der Waals surface area contributed by atoms with Crippen LogP contribution in [0.1, 0.15) is 54.4 Å². The summed E-state index contributed by atoms with van der Waals surface area (Å²) in [6, 6.07) is 5.13. The van der Waals surface area contributed by atoms with Gasteiger partial charge < -0.3 is 9.80 Å². The first-order chi connectivity index (χ1) is 17.4. The number of halogens is 2. The van der Waals surface area contributed by atoms with Gasteiger partial charge in [0.15, 0.2) is 0 Å². The number of rotatable bonds is 5.